The fourth-order valence-corrected chi connectivity index (χ4v) is 6.12. The summed E-state index contributed by atoms with van der Waals surface area (Å²) in [4.78, 5) is 7.32. The molecular formula is C22H24BrN3O2S2. The van der Waals surface area contributed by atoms with Gasteiger partial charge in [-0.15, -0.1) is 11.3 Å². The van der Waals surface area contributed by atoms with Crippen LogP contribution < -0.4 is 4.90 Å². The number of hydrogen-bond acceptors (Lipinski definition) is 5. The first-order chi connectivity index (χ1) is 14.5. The van der Waals surface area contributed by atoms with Gasteiger partial charge in [0.05, 0.1) is 10.6 Å². The Kier molecular flexibility index (Phi) is 6.57. The van der Waals surface area contributed by atoms with Crippen LogP contribution in [0.2, 0.25) is 0 Å². The molecule has 2 heterocycles. The standard InChI is InChI=1S/C22H24BrN3O2S2/c1-2-3-17-4-6-18(7-5-17)21-16-29-22(24-21)25-12-14-26(15-13-25)30(27,28)20-10-8-19(23)9-11-20/h4-11,16H,2-3,12-15H2,1H3. The molecule has 3 aromatic rings. The van der Waals surface area contributed by atoms with Crippen LogP contribution in [0.4, 0.5) is 5.13 Å². The van der Waals surface area contributed by atoms with Crippen LogP contribution in [0.1, 0.15) is 18.9 Å². The molecule has 1 aliphatic heterocycles. The average molecular weight is 506 g/mol. The van der Waals surface area contributed by atoms with Gasteiger partial charge < -0.3 is 4.90 Å². The number of sulfonamides is 1. The quantitative estimate of drug-likeness (QED) is 0.471. The van der Waals surface area contributed by atoms with E-state index in [2.05, 4.69) is 57.4 Å². The molecule has 30 heavy (non-hydrogen) atoms. The molecule has 0 radical (unpaired) electrons. The van der Waals surface area contributed by atoms with Gasteiger partial charge in [0, 0.05) is 41.6 Å². The molecule has 8 heteroatoms. The van der Waals surface area contributed by atoms with E-state index in [0.29, 0.717) is 31.1 Å². The predicted octanol–water partition coefficient (Wildman–Crippen LogP) is 5.04. The number of halogens is 1. The Morgan fingerprint density at radius 1 is 1.00 bits per heavy atom. The molecule has 0 bridgehead atoms. The molecule has 4 rings (SSSR count). The normalized spacial score (nSPS) is 15.5. The van der Waals surface area contributed by atoms with Crippen LogP contribution in [-0.2, 0) is 16.4 Å². The van der Waals surface area contributed by atoms with Crippen LogP contribution in [0.15, 0.2) is 63.3 Å². The Morgan fingerprint density at radius 3 is 2.30 bits per heavy atom. The second-order valence-electron chi connectivity index (χ2n) is 7.31. The fraction of sp³-hybridized carbons (Fsp3) is 0.318. The van der Waals surface area contributed by atoms with E-state index in [0.717, 1.165) is 33.7 Å². The summed E-state index contributed by atoms with van der Waals surface area (Å²) in [6.07, 6.45) is 2.24. The summed E-state index contributed by atoms with van der Waals surface area (Å²) >= 11 is 4.96. The fourth-order valence-electron chi connectivity index (χ4n) is 3.55. The number of thiazole rings is 1. The number of anilines is 1. The second kappa shape index (κ2) is 9.18. The Labute approximate surface area is 190 Å². The van der Waals surface area contributed by atoms with Crippen molar-refractivity contribution in [2.45, 2.75) is 24.7 Å². The van der Waals surface area contributed by atoms with Crippen LogP contribution in [0, 0.1) is 0 Å². The first-order valence-corrected chi connectivity index (χ1v) is 13.1. The zero-order chi connectivity index (χ0) is 21.1. The highest BCUT2D eigenvalue weighted by Gasteiger charge is 2.29. The maximum absolute atomic E-state index is 12.9. The van der Waals surface area contributed by atoms with Gasteiger partial charge in [-0.25, -0.2) is 13.4 Å². The largest absolute Gasteiger partial charge is 0.345 e. The van der Waals surface area contributed by atoms with Crippen LogP contribution >= 0.6 is 27.3 Å². The SMILES string of the molecule is CCCc1ccc(-c2csc(N3CCN(S(=O)(=O)c4ccc(Br)cc4)CC3)n2)cc1. The highest BCUT2D eigenvalue weighted by molar-refractivity contribution is 9.10. The molecule has 1 aromatic heterocycles. The number of aryl methyl sites for hydroxylation is 1. The molecule has 2 aromatic carbocycles. The minimum absolute atomic E-state index is 0.335. The summed E-state index contributed by atoms with van der Waals surface area (Å²) in [6, 6.07) is 15.4. The van der Waals surface area contributed by atoms with Crippen molar-refractivity contribution in [2.75, 3.05) is 31.1 Å². The summed E-state index contributed by atoms with van der Waals surface area (Å²) in [5, 5.41) is 3.03. The van der Waals surface area contributed by atoms with E-state index in [1.54, 1.807) is 39.9 Å². The zero-order valence-corrected chi connectivity index (χ0v) is 20.0. The monoisotopic (exact) mass is 505 g/mol. The maximum Gasteiger partial charge on any atom is 0.243 e. The van der Waals surface area contributed by atoms with Crippen molar-refractivity contribution in [2.24, 2.45) is 0 Å². The zero-order valence-electron chi connectivity index (χ0n) is 16.8. The highest BCUT2D eigenvalue weighted by Crippen LogP contribution is 2.29. The van der Waals surface area contributed by atoms with Crippen molar-refractivity contribution in [3.05, 3.63) is 63.9 Å². The number of piperazine rings is 1. The van der Waals surface area contributed by atoms with Gasteiger partial charge in [0.2, 0.25) is 10.0 Å². The van der Waals surface area contributed by atoms with Crippen molar-refractivity contribution < 1.29 is 8.42 Å². The lowest BCUT2D eigenvalue weighted by Crippen LogP contribution is -2.48. The van der Waals surface area contributed by atoms with Crippen molar-refractivity contribution >= 4 is 42.4 Å². The van der Waals surface area contributed by atoms with Gasteiger partial charge in [0.25, 0.3) is 0 Å². The molecule has 0 atom stereocenters. The van der Waals surface area contributed by atoms with Crippen molar-refractivity contribution in [3.63, 3.8) is 0 Å². The molecule has 5 nitrogen and oxygen atoms in total. The molecule has 0 N–H and O–H groups in total. The Balaban J connectivity index is 1.41. The summed E-state index contributed by atoms with van der Waals surface area (Å²) in [7, 11) is -3.46. The first kappa shape index (κ1) is 21.5. The van der Waals surface area contributed by atoms with Gasteiger partial charge in [-0.2, -0.15) is 4.31 Å². The van der Waals surface area contributed by atoms with E-state index in [1.807, 2.05) is 0 Å². The van der Waals surface area contributed by atoms with Crippen molar-refractivity contribution in [3.8, 4) is 11.3 Å². The summed E-state index contributed by atoms with van der Waals surface area (Å²) in [5.74, 6) is 0. The minimum atomic E-state index is -3.46. The van der Waals surface area contributed by atoms with Gasteiger partial charge in [-0.05, 0) is 36.2 Å². The number of hydrogen-bond donors (Lipinski definition) is 0. The highest BCUT2D eigenvalue weighted by atomic mass is 79.9. The van der Waals surface area contributed by atoms with Gasteiger partial charge >= 0.3 is 0 Å². The molecule has 1 fully saturated rings. The third kappa shape index (κ3) is 4.61. The van der Waals surface area contributed by atoms with Crippen LogP contribution in [-0.4, -0.2) is 43.9 Å². The lowest BCUT2D eigenvalue weighted by atomic mass is 10.1. The average Bonchev–Trinajstić information content (AvgIpc) is 3.25. The third-order valence-electron chi connectivity index (χ3n) is 5.24. The van der Waals surface area contributed by atoms with Crippen LogP contribution in [0.5, 0.6) is 0 Å². The molecule has 0 amide bonds. The smallest absolute Gasteiger partial charge is 0.243 e. The molecule has 0 unspecified atom stereocenters. The number of benzene rings is 2. The van der Waals surface area contributed by atoms with Gasteiger partial charge in [0.1, 0.15) is 0 Å². The summed E-state index contributed by atoms with van der Waals surface area (Å²) in [6.45, 7) is 4.37. The first-order valence-electron chi connectivity index (χ1n) is 10.0. The lowest BCUT2D eigenvalue weighted by Gasteiger charge is -2.33. The Morgan fingerprint density at radius 2 is 1.67 bits per heavy atom. The van der Waals surface area contributed by atoms with E-state index in [-0.39, 0.29) is 0 Å². The Bertz CT molecular complexity index is 1090. The predicted molar refractivity (Wildman–Crippen MR) is 127 cm³/mol. The van der Waals surface area contributed by atoms with E-state index in [9.17, 15) is 8.42 Å². The van der Waals surface area contributed by atoms with E-state index in [1.165, 1.54) is 5.56 Å². The Hall–Kier alpha value is -1.74. The van der Waals surface area contributed by atoms with Gasteiger partial charge in [0.15, 0.2) is 5.13 Å². The van der Waals surface area contributed by atoms with Gasteiger partial charge in [-0.1, -0.05) is 53.5 Å². The third-order valence-corrected chi connectivity index (χ3v) is 8.58. The number of nitrogens with zero attached hydrogens (tertiary/aromatic N) is 3. The van der Waals surface area contributed by atoms with Crippen LogP contribution in [0.3, 0.4) is 0 Å². The molecule has 0 spiro atoms. The molecule has 0 saturated carbocycles. The molecule has 1 aliphatic rings. The summed E-state index contributed by atoms with van der Waals surface area (Å²) in [5.41, 5.74) is 3.44. The second-order valence-corrected chi connectivity index (χ2v) is 11.0. The van der Waals surface area contributed by atoms with Gasteiger partial charge in [-0.3, -0.25) is 0 Å². The molecule has 158 valence electrons. The maximum atomic E-state index is 12.9. The molecule has 0 aliphatic carbocycles. The van der Waals surface area contributed by atoms with Crippen LogP contribution in [0.25, 0.3) is 11.3 Å². The topological polar surface area (TPSA) is 53.5 Å². The number of aromatic nitrogens is 1. The van der Waals surface area contributed by atoms with Crippen molar-refractivity contribution in [1.82, 2.24) is 9.29 Å². The summed E-state index contributed by atoms with van der Waals surface area (Å²) < 4.78 is 28.2. The lowest BCUT2D eigenvalue weighted by molar-refractivity contribution is 0.385. The number of rotatable bonds is 6. The van der Waals surface area contributed by atoms with E-state index >= 15 is 0 Å². The van der Waals surface area contributed by atoms with E-state index < -0.39 is 10.0 Å². The minimum Gasteiger partial charge on any atom is -0.345 e. The molecular weight excluding hydrogens is 482 g/mol. The molecule has 1 saturated heterocycles. The van der Waals surface area contributed by atoms with Crippen molar-refractivity contribution in [1.29, 1.82) is 0 Å². The van der Waals surface area contributed by atoms with E-state index in [4.69, 9.17) is 4.98 Å².